The van der Waals surface area contributed by atoms with Gasteiger partial charge in [0.1, 0.15) is 11.5 Å². The third-order valence-corrected chi connectivity index (χ3v) is 1.91. The predicted molar refractivity (Wildman–Crippen MR) is 51.9 cm³/mol. The summed E-state index contributed by atoms with van der Waals surface area (Å²) in [6.45, 7) is 0. The summed E-state index contributed by atoms with van der Waals surface area (Å²) in [7, 11) is 5.18. The quantitative estimate of drug-likeness (QED) is 0.716. The molecular weight excluding hydrogens is 166 g/mol. The van der Waals surface area contributed by atoms with Crippen LogP contribution in [0.2, 0.25) is 0 Å². The molecule has 0 spiro atoms. The van der Waals surface area contributed by atoms with E-state index in [9.17, 15) is 0 Å². The minimum atomic E-state index is 0.799. The fraction of sp³-hybridized carbons (Fsp3) is 0.400. The maximum Gasteiger partial charge on any atom is 0.145 e. The average molecular weight is 181 g/mol. The Balaban J connectivity index is 2.98. The van der Waals surface area contributed by atoms with E-state index in [-0.39, 0.29) is 0 Å². The Morgan fingerprint density at radius 2 is 2.08 bits per heavy atom. The van der Waals surface area contributed by atoms with Gasteiger partial charge in [0, 0.05) is 19.5 Å². The van der Waals surface area contributed by atoms with Gasteiger partial charge in [-0.1, -0.05) is 6.08 Å². The van der Waals surface area contributed by atoms with E-state index in [0.717, 1.165) is 23.6 Å². The summed E-state index contributed by atoms with van der Waals surface area (Å²) in [5.74, 6) is 1.70. The second kappa shape index (κ2) is 4.60. The average Bonchev–Trinajstić information content (AvgIpc) is 2.38. The van der Waals surface area contributed by atoms with Gasteiger partial charge in [0.25, 0.3) is 0 Å². The Morgan fingerprint density at radius 3 is 2.62 bits per heavy atom. The Morgan fingerprint density at radius 1 is 1.31 bits per heavy atom. The molecule has 0 heterocycles. The zero-order chi connectivity index (χ0) is 9.68. The molecule has 3 nitrogen and oxygen atoms in total. The van der Waals surface area contributed by atoms with E-state index >= 15 is 0 Å². The largest absolute Gasteiger partial charge is 0.501 e. The number of nitrogens with one attached hydrogen (secondary N) is 1. The SMILES string of the molecule is CNC1=C(OC)C=C(OC)CC=C1. The van der Waals surface area contributed by atoms with Crippen molar-refractivity contribution in [3.8, 4) is 0 Å². The van der Waals surface area contributed by atoms with Gasteiger partial charge in [0.2, 0.25) is 0 Å². The highest BCUT2D eigenvalue weighted by molar-refractivity contribution is 5.32. The van der Waals surface area contributed by atoms with Crippen molar-refractivity contribution < 1.29 is 9.47 Å². The molecule has 0 unspecified atom stereocenters. The Labute approximate surface area is 78.7 Å². The zero-order valence-corrected chi connectivity index (χ0v) is 8.26. The standard InChI is InChI=1S/C10H15NO2/c1-11-9-6-4-5-8(12-2)7-10(9)13-3/h4,6-7,11H,5H2,1-3H3. The predicted octanol–water partition coefficient (Wildman–Crippen LogP) is 1.55. The second-order valence-corrected chi connectivity index (χ2v) is 2.65. The number of hydrogen-bond acceptors (Lipinski definition) is 3. The summed E-state index contributed by atoms with van der Waals surface area (Å²) in [5, 5.41) is 3.06. The van der Waals surface area contributed by atoms with E-state index in [1.54, 1.807) is 14.2 Å². The Bertz CT molecular complexity index is 264. The molecule has 72 valence electrons. The van der Waals surface area contributed by atoms with Crippen molar-refractivity contribution >= 4 is 0 Å². The maximum absolute atomic E-state index is 5.22. The van der Waals surface area contributed by atoms with Gasteiger partial charge in [-0.3, -0.25) is 0 Å². The van der Waals surface area contributed by atoms with Crippen LogP contribution >= 0.6 is 0 Å². The van der Waals surface area contributed by atoms with Gasteiger partial charge in [0.15, 0.2) is 0 Å². The summed E-state index contributed by atoms with van der Waals surface area (Å²) in [6, 6.07) is 0. The third kappa shape index (κ3) is 2.28. The molecule has 1 aliphatic rings. The van der Waals surface area contributed by atoms with Crippen LogP contribution in [0.4, 0.5) is 0 Å². The molecule has 1 N–H and O–H groups in total. The maximum atomic E-state index is 5.22. The van der Waals surface area contributed by atoms with E-state index < -0.39 is 0 Å². The lowest BCUT2D eigenvalue weighted by Gasteiger charge is -2.06. The van der Waals surface area contributed by atoms with E-state index in [1.807, 2.05) is 25.3 Å². The molecule has 0 radical (unpaired) electrons. The Kier molecular flexibility index (Phi) is 3.43. The van der Waals surface area contributed by atoms with Gasteiger partial charge in [-0.25, -0.2) is 0 Å². The normalized spacial score (nSPS) is 16.4. The fourth-order valence-corrected chi connectivity index (χ4v) is 1.18. The molecule has 3 heteroatoms. The van der Waals surface area contributed by atoms with Crippen LogP contribution in [0.3, 0.4) is 0 Å². The van der Waals surface area contributed by atoms with Crippen LogP contribution in [-0.4, -0.2) is 21.3 Å². The van der Waals surface area contributed by atoms with E-state index in [0.29, 0.717) is 0 Å². The number of rotatable bonds is 3. The molecule has 0 aromatic heterocycles. The molecule has 13 heavy (non-hydrogen) atoms. The first kappa shape index (κ1) is 9.71. The second-order valence-electron chi connectivity index (χ2n) is 2.65. The number of methoxy groups -OCH3 is 2. The third-order valence-electron chi connectivity index (χ3n) is 1.91. The van der Waals surface area contributed by atoms with Crippen LogP contribution < -0.4 is 5.32 Å². The summed E-state index contributed by atoms with van der Waals surface area (Å²) >= 11 is 0. The molecule has 0 fully saturated rings. The number of likely N-dealkylation sites (N-methyl/N-ethyl adjacent to an activating group) is 1. The van der Waals surface area contributed by atoms with Crippen LogP contribution in [0.1, 0.15) is 6.42 Å². The van der Waals surface area contributed by atoms with Crippen LogP contribution in [0.25, 0.3) is 0 Å². The molecule has 0 aromatic carbocycles. The van der Waals surface area contributed by atoms with Crippen LogP contribution in [0, 0.1) is 0 Å². The molecule has 0 saturated heterocycles. The molecule has 0 amide bonds. The minimum absolute atomic E-state index is 0.799. The van der Waals surface area contributed by atoms with E-state index in [4.69, 9.17) is 9.47 Å². The van der Waals surface area contributed by atoms with Crippen LogP contribution in [0.5, 0.6) is 0 Å². The Hall–Kier alpha value is -1.38. The first-order chi connectivity index (χ1) is 6.31. The lowest BCUT2D eigenvalue weighted by atomic mass is 10.3. The summed E-state index contributed by atoms with van der Waals surface area (Å²) in [5.41, 5.74) is 0.967. The lowest BCUT2D eigenvalue weighted by Crippen LogP contribution is -2.06. The molecule has 0 aliphatic heterocycles. The first-order valence-corrected chi connectivity index (χ1v) is 4.19. The van der Waals surface area contributed by atoms with Gasteiger partial charge >= 0.3 is 0 Å². The highest BCUT2D eigenvalue weighted by atomic mass is 16.5. The molecule has 1 aliphatic carbocycles. The topological polar surface area (TPSA) is 30.5 Å². The summed E-state index contributed by atoms with van der Waals surface area (Å²) in [6.07, 6.45) is 6.72. The zero-order valence-electron chi connectivity index (χ0n) is 8.26. The van der Waals surface area contributed by atoms with Crippen molar-refractivity contribution in [2.24, 2.45) is 0 Å². The molecule has 0 bridgehead atoms. The van der Waals surface area contributed by atoms with Crippen LogP contribution in [-0.2, 0) is 9.47 Å². The fourth-order valence-electron chi connectivity index (χ4n) is 1.18. The molecule has 0 aromatic rings. The first-order valence-electron chi connectivity index (χ1n) is 4.19. The van der Waals surface area contributed by atoms with Crippen molar-refractivity contribution in [1.82, 2.24) is 5.32 Å². The van der Waals surface area contributed by atoms with Crippen molar-refractivity contribution in [3.05, 3.63) is 35.4 Å². The number of allylic oxidation sites excluding steroid dienone is 3. The highest BCUT2D eigenvalue weighted by Gasteiger charge is 2.06. The molecule has 1 rings (SSSR count). The van der Waals surface area contributed by atoms with Crippen molar-refractivity contribution in [1.29, 1.82) is 0 Å². The van der Waals surface area contributed by atoms with E-state index in [2.05, 4.69) is 5.32 Å². The highest BCUT2D eigenvalue weighted by Crippen LogP contribution is 2.16. The van der Waals surface area contributed by atoms with Gasteiger partial charge < -0.3 is 14.8 Å². The van der Waals surface area contributed by atoms with Gasteiger partial charge in [0.05, 0.1) is 19.9 Å². The number of hydrogen-bond donors (Lipinski definition) is 1. The number of ether oxygens (including phenoxy) is 2. The molecular formula is C10H15NO2. The smallest absolute Gasteiger partial charge is 0.145 e. The monoisotopic (exact) mass is 181 g/mol. The van der Waals surface area contributed by atoms with Crippen LogP contribution in [0.15, 0.2) is 35.4 Å². The summed E-state index contributed by atoms with van der Waals surface area (Å²) < 4.78 is 10.4. The van der Waals surface area contributed by atoms with Gasteiger partial charge in [-0.15, -0.1) is 0 Å². The minimum Gasteiger partial charge on any atom is -0.501 e. The van der Waals surface area contributed by atoms with Crippen molar-refractivity contribution in [3.63, 3.8) is 0 Å². The van der Waals surface area contributed by atoms with Crippen molar-refractivity contribution in [2.75, 3.05) is 21.3 Å². The van der Waals surface area contributed by atoms with Crippen molar-refractivity contribution in [2.45, 2.75) is 6.42 Å². The van der Waals surface area contributed by atoms with Gasteiger partial charge in [-0.2, -0.15) is 0 Å². The molecule has 0 saturated carbocycles. The molecule has 0 atom stereocenters. The van der Waals surface area contributed by atoms with Gasteiger partial charge in [-0.05, 0) is 6.08 Å². The summed E-state index contributed by atoms with van der Waals surface area (Å²) in [4.78, 5) is 0. The lowest BCUT2D eigenvalue weighted by molar-refractivity contribution is 0.270. The van der Waals surface area contributed by atoms with E-state index in [1.165, 1.54) is 0 Å².